The van der Waals surface area contributed by atoms with Crippen LogP contribution in [0.5, 0.6) is 0 Å². The molecule has 33 heavy (non-hydrogen) atoms. The van der Waals surface area contributed by atoms with Gasteiger partial charge < -0.3 is 19.4 Å². The van der Waals surface area contributed by atoms with Crippen LogP contribution in [0.3, 0.4) is 0 Å². The second-order valence-corrected chi connectivity index (χ2v) is 6.99. The van der Waals surface area contributed by atoms with Crippen LogP contribution in [0, 0.1) is 11.6 Å². The molecule has 9 heteroatoms. The summed E-state index contributed by atoms with van der Waals surface area (Å²) in [5.74, 6) is -2.77. The quantitative estimate of drug-likeness (QED) is 0.364. The van der Waals surface area contributed by atoms with E-state index in [1.807, 2.05) is 12.1 Å². The zero-order chi connectivity index (χ0) is 24.0. The molecule has 2 heterocycles. The largest absolute Gasteiger partial charge is 0.465 e. The minimum atomic E-state index is -0.800. The number of carbonyl (C=O) groups is 2. The van der Waals surface area contributed by atoms with E-state index in [0.717, 1.165) is 0 Å². The third-order valence-electron chi connectivity index (χ3n) is 4.63. The summed E-state index contributed by atoms with van der Waals surface area (Å²) in [4.78, 5) is 27.9. The number of methoxy groups -OCH3 is 2. The molecule has 6 nitrogen and oxygen atoms in total. The molecule has 2 aromatic heterocycles. The molecule has 170 valence electrons. The highest BCUT2D eigenvalue weighted by atomic mass is 35.5. The van der Waals surface area contributed by atoms with Gasteiger partial charge in [0.2, 0.25) is 0 Å². The normalized spacial score (nSPS) is 10.2. The van der Waals surface area contributed by atoms with Crippen LogP contribution < -0.4 is 0 Å². The van der Waals surface area contributed by atoms with E-state index < -0.39 is 23.6 Å². The van der Waals surface area contributed by atoms with Crippen LogP contribution in [0.2, 0.25) is 5.15 Å². The molecule has 0 radical (unpaired) electrons. The van der Waals surface area contributed by atoms with Crippen molar-refractivity contribution in [1.29, 1.82) is 0 Å². The van der Waals surface area contributed by atoms with E-state index in [9.17, 15) is 18.4 Å². The number of ether oxygens (including phenoxy) is 2. The lowest BCUT2D eigenvalue weighted by Gasteiger charge is -1.98. The van der Waals surface area contributed by atoms with E-state index in [0.29, 0.717) is 16.8 Å². The van der Waals surface area contributed by atoms with Gasteiger partial charge in [-0.1, -0.05) is 72.3 Å². The minimum absolute atomic E-state index is 0.0618. The minimum Gasteiger partial charge on any atom is -0.465 e. The summed E-state index contributed by atoms with van der Waals surface area (Å²) >= 11 is 5.78. The molecule has 0 atom stereocenters. The van der Waals surface area contributed by atoms with Crippen molar-refractivity contribution in [3.05, 3.63) is 94.8 Å². The van der Waals surface area contributed by atoms with Gasteiger partial charge in [-0.2, -0.15) is 0 Å². The Morgan fingerprint density at radius 2 is 1.30 bits per heavy atom. The fraction of sp³-hybridized carbons (Fsp3) is 0.0833. The van der Waals surface area contributed by atoms with Crippen molar-refractivity contribution in [2.24, 2.45) is 0 Å². The summed E-state index contributed by atoms with van der Waals surface area (Å²) in [6, 6.07) is 17.7. The van der Waals surface area contributed by atoms with Crippen LogP contribution in [0.4, 0.5) is 8.78 Å². The third-order valence-corrected chi connectivity index (χ3v) is 4.91. The van der Waals surface area contributed by atoms with Gasteiger partial charge in [0.1, 0.15) is 16.3 Å². The summed E-state index contributed by atoms with van der Waals surface area (Å²) in [5.41, 5.74) is 1.42. The molecule has 2 aromatic carbocycles. The van der Waals surface area contributed by atoms with Gasteiger partial charge >= 0.3 is 11.9 Å². The Hall–Kier alpha value is -3.91. The van der Waals surface area contributed by atoms with Gasteiger partial charge in [0.25, 0.3) is 0 Å². The molecule has 0 spiro atoms. The maximum absolute atomic E-state index is 14.0. The van der Waals surface area contributed by atoms with Gasteiger partial charge in [-0.15, -0.1) is 0 Å². The summed E-state index contributed by atoms with van der Waals surface area (Å²) in [7, 11) is 2.39. The van der Waals surface area contributed by atoms with Crippen molar-refractivity contribution >= 4 is 23.5 Å². The van der Waals surface area contributed by atoms with Crippen LogP contribution in [-0.2, 0) is 9.47 Å². The summed E-state index contributed by atoms with van der Waals surface area (Å²) in [6.07, 6.45) is 1.31. The topological polar surface area (TPSA) is 84.2 Å². The molecule has 0 fully saturated rings. The molecule has 4 rings (SSSR count). The van der Waals surface area contributed by atoms with Crippen LogP contribution in [0.25, 0.3) is 22.5 Å². The highest BCUT2D eigenvalue weighted by Gasteiger charge is 2.24. The van der Waals surface area contributed by atoms with Crippen molar-refractivity contribution in [1.82, 2.24) is 9.97 Å². The highest BCUT2D eigenvalue weighted by Crippen LogP contribution is 2.29. The fourth-order valence-electron chi connectivity index (χ4n) is 3.01. The van der Waals surface area contributed by atoms with Crippen molar-refractivity contribution in [2.75, 3.05) is 14.2 Å². The molecule has 0 saturated heterocycles. The number of carbonyl (C=O) groups excluding carboxylic acids is 2. The number of aromatic amines is 2. The maximum atomic E-state index is 14.0. The van der Waals surface area contributed by atoms with E-state index in [-0.39, 0.29) is 22.0 Å². The SMILES string of the molecule is COC(=O)c1c(Cl)[nH]c(-c2ccccc2)c1F.COC(=O)c1c[nH]c(-c2ccccc2)c1F. The van der Waals surface area contributed by atoms with Crippen molar-refractivity contribution in [3.8, 4) is 22.5 Å². The number of hydrogen-bond acceptors (Lipinski definition) is 4. The number of halogens is 3. The summed E-state index contributed by atoms with van der Waals surface area (Å²) in [5, 5.41) is -0.0618. The number of nitrogens with one attached hydrogen (secondary N) is 2. The number of rotatable bonds is 4. The first-order chi connectivity index (χ1) is 15.9. The molecule has 2 N–H and O–H groups in total. The molecular formula is C24H19ClF2N2O4. The average molecular weight is 473 g/mol. The molecule has 0 amide bonds. The lowest BCUT2D eigenvalue weighted by molar-refractivity contribution is 0.0587. The Morgan fingerprint density at radius 3 is 1.82 bits per heavy atom. The fourth-order valence-corrected chi connectivity index (χ4v) is 3.27. The second kappa shape index (κ2) is 10.6. The van der Waals surface area contributed by atoms with Crippen molar-refractivity contribution < 1.29 is 27.8 Å². The van der Waals surface area contributed by atoms with E-state index in [1.165, 1.54) is 20.4 Å². The third kappa shape index (κ3) is 5.12. The first kappa shape index (κ1) is 23.7. The monoisotopic (exact) mass is 472 g/mol. The van der Waals surface area contributed by atoms with E-state index in [2.05, 4.69) is 19.4 Å². The molecule has 0 aliphatic rings. The van der Waals surface area contributed by atoms with Gasteiger partial charge in [0.15, 0.2) is 11.6 Å². The molecule has 0 aliphatic heterocycles. The molecule has 0 unspecified atom stereocenters. The molecule has 0 saturated carbocycles. The number of hydrogen-bond donors (Lipinski definition) is 2. The standard InChI is InChI=1S/C12H9ClFNO2.C12H10FNO2/c1-17-12(16)8-9(14)10(15-11(8)13)7-5-3-2-4-6-7;1-16-12(15)9-7-14-11(10(9)13)8-5-3-2-4-6-8/h2-6,15H,1H3;2-7,14H,1H3. The lowest BCUT2D eigenvalue weighted by Crippen LogP contribution is -2.02. The summed E-state index contributed by atoms with van der Waals surface area (Å²) < 4.78 is 36.8. The number of benzene rings is 2. The predicted octanol–water partition coefficient (Wildman–Crippen LogP) is 5.87. The molecule has 0 aliphatic carbocycles. The van der Waals surface area contributed by atoms with Gasteiger partial charge in [-0.3, -0.25) is 0 Å². The molecular weight excluding hydrogens is 454 g/mol. The first-order valence-corrected chi connectivity index (χ1v) is 9.98. The van der Waals surface area contributed by atoms with E-state index in [1.54, 1.807) is 48.5 Å². The number of H-pyrrole nitrogens is 2. The van der Waals surface area contributed by atoms with Gasteiger partial charge in [0, 0.05) is 17.3 Å². The Morgan fingerprint density at radius 1 is 0.788 bits per heavy atom. The lowest BCUT2D eigenvalue weighted by atomic mass is 10.1. The van der Waals surface area contributed by atoms with Crippen LogP contribution in [0.15, 0.2) is 66.9 Å². The Labute approximate surface area is 193 Å². The Bertz CT molecular complexity index is 1250. The van der Waals surface area contributed by atoms with Crippen molar-refractivity contribution in [2.45, 2.75) is 0 Å². The average Bonchev–Trinajstić information content (AvgIpc) is 3.38. The van der Waals surface area contributed by atoms with E-state index >= 15 is 0 Å². The van der Waals surface area contributed by atoms with Crippen LogP contribution in [0.1, 0.15) is 20.7 Å². The van der Waals surface area contributed by atoms with Crippen LogP contribution in [-0.4, -0.2) is 36.1 Å². The zero-order valence-corrected chi connectivity index (χ0v) is 18.4. The number of esters is 2. The Balaban J connectivity index is 0.000000186. The Kier molecular flexibility index (Phi) is 7.63. The summed E-state index contributed by atoms with van der Waals surface area (Å²) in [6.45, 7) is 0. The maximum Gasteiger partial charge on any atom is 0.344 e. The predicted molar refractivity (Wildman–Crippen MR) is 120 cm³/mol. The van der Waals surface area contributed by atoms with Gasteiger partial charge in [-0.25, -0.2) is 18.4 Å². The van der Waals surface area contributed by atoms with Crippen LogP contribution >= 0.6 is 11.6 Å². The van der Waals surface area contributed by atoms with E-state index in [4.69, 9.17) is 11.6 Å². The first-order valence-electron chi connectivity index (χ1n) is 9.60. The number of aromatic nitrogens is 2. The van der Waals surface area contributed by atoms with Gasteiger partial charge in [-0.05, 0) is 0 Å². The molecule has 0 bridgehead atoms. The zero-order valence-electron chi connectivity index (χ0n) is 17.6. The highest BCUT2D eigenvalue weighted by molar-refractivity contribution is 6.32. The van der Waals surface area contributed by atoms with Crippen molar-refractivity contribution in [3.63, 3.8) is 0 Å². The second-order valence-electron chi connectivity index (χ2n) is 6.61. The smallest absolute Gasteiger partial charge is 0.344 e. The molecule has 4 aromatic rings. The van der Waals surface area contributed by atoms with Gasteiger partial charge in [0.05, 0.1) is 25.6 Å².